The van der Waals surface area contributed by atoms with Gasteiger partial charge in [-0.3, -0.25) is 0 Å². The molecular formula is C35H58N2O3. The van der Waals surface area contributed by atoms with Crippen molar-refractivity contribution < 1.29 is 14.7 Å². The van der Waals surface area contributed by atoms with Crippen LogP contribution in [-0.4, -0.2) is 41.3 Å². The molecule has 4 aliphatic carbocycles. The number of amides is 1. The van der Waals surface area contributed by atoms with E-state index >= 15 is 0 Å². The zero-order valence-electron chi connectivity index (χ0n) is 26.3. The molecule has 0 heterocycles. The first-order chi connectivity index (χ1) is 19.1. The number of hydrogen-bond donors (Lipinski definition) is 1. The van der Waals surface area contributed by atoms with Crippen molar-refractivity contribution in [2.45, 2.75) is 137 Å². The summed E-state index contributed by atoms with van der Waals surface area (Å²) in [6.45, 7) is 13.6. The smallest absolute Gasteiger partial charge is 0.407 e. The van der Waals surface area contributed by atoms with Gasteiger partial charge in [0.2, 0.25) is 6.08 Å². The van der Waals surface area contributed by atoms with Crippen LogP contribution in [-0.2, 0) is 4.79 Å². The summed E-state index contributed by atoms with van der Waals surface area (Å²) in [6.07, 6.45) is 21.2. The summed E-state index contributed by atoms with van der Waals surface area (Å²) >= 11 is 0. The van der Waals surface area contributed by atoms with Crippen LogP contribution in [0.25, 0.3) is 0 Å². The second-order valence-electron chi connectivity index (χ2n) is 15.0. The third-order valence-electron chi connectivity index (χ3n) is 12.4. The summed E-state index contributed by atoms with van der Waals surface area (Å²) in [5.74, 6) is 5.00. The van der Waals surface area contributed by atoms with Gasteiger partial charge in [-0.05, 0) is 111 Å². The highest BCUT2D eigenvalue weighted by molar-refractivity contribution is 5.65. The predicted molar refractivity (Wildman–Crippen MR) is 163 cm³/mol. The lowest BCUT2D eigenvalue weighted by atomic mass is 9.46. The number of isocyanates is 1. The summed E-state index contributed by atoms with van der Waals surface area (Å²) in [4.78, 5) is 27.8. The van der Waals surface area contributed by atoms with E-state index in [4.69, 9.17) is 0 Å². The van der Waals surface area contributed by atoms with Gasteiger partial charge in [-0.15, -0.1) is 0 Å². The highest BCUT2D eigenvalue weighted by Gasteiger charge is 2.59. The number of nitrogens with zero attached hydrogens (tertiary/aromatic N) is 2. The number of aliphatic imine (C=N–C) groups is 1. The van der Waals surface area contributed by atoms with E-state index in [9.17, 15) is 14.7 Å². The second kappa shape index (κ2) is 13.6. The fraction of sp³-hybridized carbons (Fsp3) is 0.886. The van der Waals surface area contributed by atoms with Gasteiger partial charge in [0.05, 0.1) is 6.54 Å². The Labute approximate surface area is 244 Å². The molecule has 1 N–H and O–H groups in total. The predicted octanol–water partition coefficient (Wildman–Crippen LogP) is 9.27. The van der Waals surface area contributed by atoms with Gasteiger partial charge in [-0.2, -0.15) is 0 Å². The molecule has 0 aliphatic heterocycles. The molecule has 4 rings (SSSR count). The maximum atomic E-state index is 12.3. The largest absolute Gasteiger partial charge is 0.465 e. The van der Waals surface area contributed by atoms with Gasteiger partial charge >= 0.3 is 6.09 Å². The van der Waals surface area contributed by atoms with Gasteiger partial charge < -0.3 is 10.0 Å². The Balaban J connectivity index is 1.37. The Kier molecular flexibility index (Phi) is 10.6. The minimum Gasteiger partial charge on any atom is -0.465 e. The number of allylic oxidation sites excluding steroid dienone is 1. The lowest BCUT2D eigenvalue weighted by molar-refractivity contribution is -0.0541. The van der Waals surface area contributed by atoms with E-state index < -0.39 is 6.09 Å². The van der Waals surface area contributed by atoms with Crippen LogP contribution in [0.3, 0.4) is 0 Å². The van der Waals surface area contributed by atoms with Crippen LogP contribution >= 0.6 is 0 Å². The molecule has 0 saturated heterocycles. The maximum absolute atomic E-state index is 12.3. The van der Waals surface area contributed by atoms with Crippen molar-refractivity contribution in [3.05, 3.63) is 11.6 Å². The van der Waals surface area contributed by atoms with Crippen molar-refractivity contribution in [2.24, 2.45) is 51.3 Å². The Morgan fingerprint density at radius 2 is 1.80 bits per heavy atom. The quantitative estimate of drug-likeness (QED) is 0.107. The van der Waals surface area contributed by atoms with Crippen LogP contribution in [0.15, 0.2) is 16.6 Å². The van der Waals surface area contributed by atoms with E-state index in [1.54, 1.807) is 16.6 Å². The van der Waals surface area contributed by atoms with E-state index in [-0.39, 0.29) is 11.5 Å². The number of rotatable bonds is 13. The summed E-state index contributed by atoms with van der Waals surface area (Å²) < 4.78 is 0. The molecule has 4 unspecified atom stereocenters. The molecule has 1 amide bonds. The molecule has 0 bridgehead atoms. The van der Waals surface area contributed by atoms with E-state index in [0.29, 0.717) is 18.5 Å². The molecule has 0 aromatic heterocycles. The van der Waals surface area contributed by atoms with Crippen LogP contribution in [0.2, 0.25) is 0 Å². The van der Waals surface area contributed by atoms with Gasteiger partial charge in [0.1, 0.15) is 0 Å². The number of hydrogen-bond acceptors (Lipinski definition) is 3. The first-order valence-corrected chi connectivity index (χ1v) is 16.8. The number of unbranched alkanes of at least 4 members (excludes halogenated alkanes) is 3. The Morgan fingerprint density at radius 1 is 1.02 bits per heavy atom. The molecule has 0 aromatic rings. The SMILES string of the molecule is CC(C)CCC[C@@H](C)[C@H]1CCC2C3CC=C4CC(N(CCCCCCN=C=O)C(=O)O)CC[C@]4(C)C3CC[C@@]21C. The Morgan fingerprint density at radius 3 is 2.52 bits per heavy atom. The monoisotopic (exact) mass is 554 g/mol. The minimum atomic E-state index is -0.763. The van der Waals surface area contributed by atoms with Crippen molar-refractivity contribution in [2.75, 3.05) is 13.1 Å². The molecular weight excluding hydrogens is 496 g/mol. The fourth-order valence-electron chi connectivity index (χ4n) is 10.2. The van der Waals surface area contributed by atoms with E-state index in [2.05, 4.69) is 45.7 Å². The third-order valence-corrected chi connectivity index (χ3v) is 12.4. The van der Waals surface area contributed by atoms with Crippen molar-refractivity contribution in [1.82, 2.24) is 4.90 Å². The van der Waals surface area contributed by atoms with Gasteiger partial charge in [-0.25, -0.2) is 14.6 Å². The first kappa shape index (κ1) is 31.3. The standard InChI is InChI=1S/C35H58N2O3/c1-25(2)11-10-12-26(3)30-15-16-31-29-14-13-27-23-28(17-19-34(27,4)32(29)18-20-35(30,31)5)37(33(39)40)22-9-7-6-8-21-36-24-38/h13,25-26,28-32H,6-12,14-23H2,1-5H3,(H,39,40)/t26-,28?,29?,30-,31?,32?,34+,35-/m1/s1. The molecule has 0 aromatic carbocycles. The van der Waals surface area contributed by atoms with Crippen LogP contribution in [0.5, 0.6) is 0 Å². The zero-order chi connectivity index (χ0) is 28.9. The van der Waals surface area contributed by atoms with Gasteiger partial charge in [0, 0.05) is 12.6 Å². The second-order valence-corrected chi connectivity index (χ2v) is 15.0. The van der Waals surface area contributed by atoms with Crippen LogP contribution < -0.4 is 0 Å². The lowest BCUT2D eigenvalue weighted by Gasteiger charge is -2.59. The minimum absolute atomic E-state index is 0.115. The van der Waals surface area contributed by atoms with Crippen molar-refractivity contribution in [1.29, 1.82) is 0 Å². The van der Waals surface area contributed by atoms with Gasteiger partial charge in [0.25, 0.3) is 0 Å². The van der Waals surface area contributed by atoms with Crippen molar-refractivity contribution >= 4 is 12.2 Å². The molecule has 3 saturated carbocycles. The zero-order valence-corrected chi connectivity index (χ0v) is 26.3. The van der Waals surface area contributed by atoms with E-state index in [1.165, 1.54) is 51.4 Å². The molecule has 5 nitrogen and oxygen atoms in total. The molecule has 8 atom stereocenters. The summed E-state index contributed by atoms with van der Waals surface area (Å²) in [5, 5.41) is 10.1. The van der Waals surface area contributed by atoms with Crippen LogP contribution in [0.1, 0.15) is 131 Å². The molecule has 5 heteroatoms. The Bertz CT molecular complexity index is 939. The fourth-order valence-corrected chi connectivity index (χ4v) is 10.2. The number of carbonyl (C=O) groups is 1. The third kappa shape index (κ3) is 6.55. The number of fused-ring (bicyclic) bond motifs is 5. The van der Waals surface area contributed by atoms with Crippen LogP contribution in [0, 0.1) is 46.3 Å². The normalized spacial score (nSPS) is 35.6. The lowest BCUT2D eigenvalue weighted by Crippen LogP contribution is -2.52. The average molecular weight is 555 g/mol. The van der Waals surface area contributed by atoms with Crippen molar-refractivity contribution in [3.63, 3.8) is 0 Å². The van der Waals surface area contributed by atoms with Gasteiger partial charge in [-0.1, -0.05) is 78.4 Å². The average Bonchev–Trinajstić information content (AvgIpc) is 3.27. The van der Waals surface area contributed by atoms with Gasteiger partial charge in [0.15, 0.2) is 0 Å². The van der Waals surface area contributed by atoms with Crippen LogP contribution in [0.4, 0.5) is 4.79 Å². The highest BCUT2D eigenvalue weighted by Crippen LogP contribution is 2.67. The first-order valence-electron chi connectivity index (χ1n) is 16.8. The summed E-state index contributed by atoms with van der Waals surface area (Å²) in [6, 6.07) is 0.115. The summed E-state index contributed by atoms with van der Waals surface area (Å²) in [7, 11) is 0. The molecule has 4 aliphatic rings. The van der Waals surface area contributed by atoms with E-state index in [1.807, 2.05) is 0 Å². The molecule has 3 fully saturated rings. The molecule has 0 spiro atoms. The molecule has 0 radical (unpaired) electrons. The summed E-state index contributed by atoms with van der Waals surface area (Å²) in [5.41, 5.74) is 2.34. The number of carbonyl (C=O) groups excluding carboxylic acids is 1. The topological polar surface area (TPSA) is 70.0 Å². The molecule has 40 heavy (non-hydrogen) atoms. The Hall–Kier alpha value is -1.61. The van der Waals surface area contributed by atoms with Crippen molar-refractivity contribution in [3.8, 4) is 0 Å². The molecule has 226 valence electrons. The highest BCUT2D eigenvalue weighted by atomic mass is 16.4. The van der Waals surface area contributed by atoms with E-state index in [0.717, 1.165) is 80.5 Å². The maximum Gasteiger partial charge on any atom is 0.407 e. The number of carboxylic acid groups (broad SMARTS) is 1.